The molecule has 0 radical (unpaired) electrons. The summed E-state index contributed by atoms with van der Waals surface area (Å²) in [6, 6.07) is 0.859. The number of ether oxygens (including phenoxy) is 1. The summed E-state index contributed by atoms with van der Waals surface area (Å²) in [5.41, 5.74) is -1.33. The van der Waals surface area contributed by atoms with E-state index < -0.39 is 11.9 Å². The number of hydrogen-bond acceptors (Lipinski definition) is 5. The molecule has 1 unspecified atom stereocenters. The molecule has 22 heavy (non-hydrogen) atoms. The zero-order chi connectivity index (χ0) is 16.2. The number of aromatic nitrogens is 2. The molecule has 1 saturated heterocycles. The van der Waals surface area contributed by atoms with E-state index in [9.17, 15) is 18.3 Å². The number of nitrogens with zero attached hydrogens (tertiary/aromatic N) is 3. The van der Waals surface area contributed by atoms with Crippen molar-refractivity contribution < 1.29 is 23.0 Å². The van der Waals surface area contributed by atoms with Crippen molar-refractivity contribution in [3.63, 3.8) is 0 Å². The highest BCUT2D eigenvalue weighted by atomic mass is 19.4. The molecule has 5 nitrogen and oxygen atoms in total. The maximum absolute atomic E-state index is 12.8. The molecule has 0 aromatic carbocycles. The first-order chi connectivity index (χ1) is 10.4. The lowest BCUT2D eigenvalue weighted by Crippen LogP contribution is -2.46. The Labute approximate surface area is 127 Å². The first kappa shape index (κ1) is 17.0. The van der Waals surface area contributed by atoms with E-state index in [-0.39, 0.29) is 18.0 Å². The molecule has 0 saturated carbocycles. The summed E-state index contributed by atoms with van der Waals surface area (Å²) in [6.45, 7) is 1.47. The van der Waals surface area contributed by atoms with Crippen LogP contribution in [0.2, 0.25) is 0 Å². The quantitative estimate of drug-likeness (QED) is 0.901. The second-order valence-electron chi connectivity index (χ2n) is 5.67. The summed E-state index contributed by atoms with van der Waals surface area (Å²) in [6.07, 6.45) is -1.14. The molecule has 1 aromatic rings. The van der Waals surface area contributed by atoms with Crippen molar-refractivity contribution in [2.75, 3.05) is 38.3 Å². The van der Waals surface area contributed by atoms with Crippen LogP contribution in [0.15, 0.2) is 12.3 Å². The van der Waals surface area contributed by atoms with Crippen molar-refractivity contribution >= 4 is 5.95 Å². The number of anilines is 1. The van der Waals surface area contributed by atoms with Crippen LogP contribution in [0.1, 0.15) is 25.0 Å². The topological polar surface area (TPSA) is 58.5 Å². The Morgan fingerprint density at radius 3 is 2.86 bits per heavy atom. The molecule has 2 rings (SSSR count). The third-order valence-electron chi connectivity index (χ3n) is 4.05. The molecule has 1 N–H and O–H groups in total. The molecule has 0 bridgehead atoms. The zero-order valence-electron chi connectivity index (χ0n) is 12.4. The first-order valence-electron chi connectivity index (χ1n) is 7.15. The van der Waals surface area contributed by atoms with Gasteiger partial charge in [-0.3, -0.25) is 0 Å². The van der Waals surface area contributed by atoms with Gasteiger partial charge in [0.2, 0.25) is 5.95 Å². The van der Waals surface area contributed by atoms with Gasteiger partial charge in [-0.2, -0.15) is 13.2 Å². The molecule has 0 amide bonds. The second-order valence-corrected chi connectivity index (χ2v) is 5.67. The fraction of sp³-hybridized carbons (Fsp3) is 0.714. The summed E-state index contributed by atoms with van der Waals surface area (Å²) < 4.78 is 43.3. The van der Waals surface area contributed by atoms with Crippen LogP contribution in [0, 0.1) is 5.41 Å². The highest BCUT2D eigenvalue weighted by molar-refractivity contribution is 5.32. The van der Waals surface area contributed by atoms with E-state index in [0.29, 0.717) is 26.1 Å². The van der Waals surface area contributed by atoms with Crippen molar-refractivity contribution in [1.82, 2.24) is 9.97 Å². The first-order valence-corrected chi connectivity index (χ1v) is 7.15. The lowest BCUT2D eigenvalue weighted by molar-refractivity contribution is -0.141. The van der Waals surface area contributed by atoms with Crippen LogP contribution in [0.5, 0.6) is 0 Å². The molecule has 0 aliphatic carbocycles. The van der Waals surface area contributed by atoms with Crippen LogP contribution in [0.25, 0.3) is 0 Å². The predicted octanol–water partition coefficient (Wildman–Crippen LogP) is 2.11. The third kappa shape index (κ3) is 3.86. The van der Waals surface area contributed by atoms with Gasteiger partial charge in [-0.25, -0.2) is 9.97 Å². The molecular formula is C14H20F3N3O2. The lowest BCUT2D eigenvalue weighted by Gasteiger charge is -2.41. The summed E-state index contributed by atoms with van der Waals surface area (Å²) in [7, 11) is 1.58. The molecule has 124 valence electrons. The Hall–Kier alpha value is -1.41. The molecule has 8 heteroatoms. The predicted molar refractivity (Wildman–Crippen MR) is 74.5 cm³/mol. The van der Waals surface area contributed by atoms with Gasteiger partial charge in [-0.15, -0.1) is 0 Å². The molecule has 1 aliphatic rings. The van der Waals surface area contributed by atoms with Crippen LogP contribution in [-0.2, 0) is 10.9 Å². The third-order valence-corrected chi connectivity index (χ3v) is 4.05. The van der Waals surface area contributed by atoms with Crippen molar-refractivity contribution in [3.05, 3.63) is 18.0 Å². The Morgan fingerprint density at radius 2 is 2.23 bits per heavy atom. The average Bonchev–Trinajstić information content (AvgIpc) is 2.52. The number of aliphatic hydroxyl groups excluding tert-OH is 1. The maximum Gasteiger partial charge on any atom is 0.433 e. The molecule has 1 atom stereocenters. The number of halogens is 3. The van der Waals surface area contributed by atoms with Crippen LogP contribution in [0.3, 0.4) is 0 Å². The van der Waals surface area contributed by atoms with Crippen molar-refractivity contribution in [2.45, 2.75) is 25.4 Å². The summed E-state index contributed by atoms with van der Waals surface area (Å²) in [5.74, 6) is 0.0600. The maximum atomic E-state index is 12.8. The Bertz CT molecular complexity index is 498. The Morgan fingerprint density at radius 1 is 1.45 bits per heavy atom. The van der Waals surface area contributed by atoms with Gasteiger partial charge in [-0.05, 0) is 25.3 Å². The molecule has 0 spiro atoms. The fourth-order valence-corrected chi connectivity index (χ4v) is 2.77. The van der Waals surface area contributed by atoms with Crippen LogP contribution in [0.4, 0.5) is 19.1 Å². The Kier molecular flexibility index (Phi) is 5.23. The van der Waals surface area contributed by atoms with Gasteiger partial charge < -0.3 is 14.7 Å². The van der Waals surface area contributed by atoms with E-state index in [0.717, 1.165) is 25.1 Å². The number of piperidine rings is 1. The monoisotopic (exact) mass is 319 g/mol. The summed E-state index contributed by atoms with van der Waals surface area (Å²) in [4.78, 5) is 9.30. The number of methoxy groups -OCH3 is 1. The number of alkyl halides is 3. The van der Waals surface area contributed by atoms with E-state index in [1.807, 2.05) is 0 Å². The van der Waals surface area contributed by atoms with Crippen LogP contribution < -0.4 is 4.90 Å². The van der Waals surface area contributed by atoms with Gasteiger partial charge in [0.25, 0.3) is 0 Å². The molecule has 2 heterocycles. The van der Waals surface area contributed by atoms with E-state index in [4.69, 9.17) is 4.74 Å². The van der Waals surface area contributed by atoms with Crippen LogP contribution >= 0.6 is 0 Å². The Balaban J connectivity index is 2.18. The van der Waals surface area contributed by atoms with E-state index in [2.05, 4.69) is 9.97 Å². The SMILES string of the molecule is COCCC1(CO)CCCN(c2nccc(C(F)(F)F)n2)C1. The van der Waals surface area contributed by atoms with Gasteiger partial charge in [-0.1, -0.05) is 0 Å². The van der Waals surface area contributed by atoms with Gasteiger partial charge in [0, 0.05) is 38.4 Å². The molecule has 1 aromatic heterocycles. The minimum absolute atomic E-state index is 0.0359. The smallest absolute Gasteiger partial charge is 0.396 e. The van der Waals surface area contributed by atoms with Gasteiger partial charge in [0.15, 0.2) is 0 Å². The zero-order valence-corrected chi connectivity index (χ0v) is 12.4. The van der Waals surface area contributed by atoms with E-state index in [1.165, 1.54) is 0 Å². The number of hydrogen-bond donors (Lipinski definition) is 1. The van der Waals surface area contributed by atoms with Crippen molar-refractivity contribution in [1.29, 1.82) is 0 Å². The highest BCUT2D eigenvalue weighted by Crippen LogP contribution is 2.35. The normalized spacial score (nSPS) is 22.9. The van der Waals surface area contributed by atoms with E-state index >= 15 is 0 Å². The largest absolute Gasteiger partial charge is 0.433 e. The fourth-order valence-electron chi connectivity index (χ4n) is 2.77. The van der Waals surface area contributed by atoms with Gasteiger partial charge in [0.05, 0.1) is 6.61 Å². The minimum Gasteiger partial charge on any atom is -0.396 e. The summed E-state index contributed by atoms with van der Waals surface area (Å²) in [5, 5.41) is 9.71. The minimum atomic E-state index is -4.49. The standard InChI is InChI=1S/C14H20F3N3O2/c1-22-8-5-13(10-21)4-2-7-20(9-13)12-18-6-3-11(19-12)14(15,16)17/h3,6,21H,2,4-5,7-10H2,1H3. The highest BCUT2D eigenvalue weighted by Gasteiger charge is 2.37. The lowest BCUT2D eigenvalue weighted by atomic mass is 9.78. The number of rotatable bonds is 5. The van der Waals surface area contributed by atoms with E-state index in [1.54, 1.807) is 12.0 Å². The second kappa shape index (κ2) is 6.78. The van der Waals surface area contributed by atoms with Crippen molar-refractivity contribution in [2.24, 2.45) is 5.41 Å². The van der Waals surface area contributed by atoms with Gasteiger partial charge in [0.1, 0.15) is 5.69 Å². The molecular weight excluding hydrogens is 299 g/mol. The summed E-state index contributed by atoms with van der Waals surface area (Å²) >= 11 is 0. The average molecular weight is 319 g/mol. The van der Waals surface area contributed by atoms with Crippen LogP contribution in [-0.4, -0.2) is 48.5 Å². The van der Waals surface area contributed by atoms with Crippen molar-refractivity contribution in [3.8, 4) is 0 Å². The number of aliphatic hydroxyl groups is 1. The van der Waals surface area contributed by atoms with Gasteiger partial charge >= 0.3 is 6.18 Å². The molecule has 1 fully saturated rings. The molecule has 1 aliphatic heterocycles.